The average Bonchev–Trinajstić information content (AvgIpc) is 3.37. The van der Waals surface area contributed by atoms with Gasteiger partial charge in [0.1, 0.15) is 0 Å². The van der Waals surface area contributed by atoms with Gasteiger partial charge in [-0.2, -0.15) is 0 Å². The molecule has 0 saturated carbocycles. The van der Waals surface area contributed by atoms with Crippen molar-refractivity contribution < 1.29 is 57.5 Å². The van der Waals surface area contributed by atoms with Crippen molar-refractivity contribution in [2.24, 2.45) is 22.9 Å². The Hall–Kier alpha value is -6.27. The first-order chi connectivity index (χ1) is 35.1. The van der Waals surface area contributed by atoms with Crippen LogP contribution in [0.15, 0.2) is 0 Å². The number of carbonyl (C=O) groups is 11. The van der Waals surface area contributed by atoms with Crippen LogP contribution in [0.1, 0.15) is 64.2 Å². The molecule has 18 N–H and O–H groups in total. The Kier molecular flexibility index (Phi) is 40.6. The third kappa shape index (κ3) is 40.0. The summed E-state index contributed by atoms with van der Waals surface area (Å²) in [5.41, 5.74) is 21.9. The molecule has 0 spiro atoms. The zero-order valence-electron chi connectivity index (χ0n) is 42.7. The predicted molar refractivity (Wildman–Crippen MR) is 269 cm³/mol. The van der Waals surface area contributed by atoms with E-state index >= 15 is 0 Å². The van der Waals surface area contributed by atoms with Crippen molar-refractivity contribution in [2.45, 2.75) is 64.2 Å². The molecular weight excluding hydrogens is 959 g/mol. The molecule has 0 heterocycles. The number of hydrogen-bond donors (Lipinski definition) is 14. The van der Waals surface area contributed by atoms with Gasteiger partial charge in [0.15, 0.2) is 0 Å². The fraction of sp³-hybridized carbons (Fsp3) is 0.750. The Morgan fingerprint density at radius 3 is 0.849 bits per heavy atom. The zero-order valence-corrected chi connectivity index (χ0v) is 42.7. The molecule has 0 fully saturated rings. The van der Waals surface area contributed by atoms with Crippen molar-refractivity contribution in [1.29, 1.82) is 0 Å². The molecule has 0 bridgehead atoms. The number of ether oxygens (including phenoxy) is 1. The Balaban J connectivity index is 5.93. The monoisotopic (exact) mass is 1040 g/mol. The second-order valence-electron chi connectivity index (χ2n) is 16.3. The molecule has 0 aliphatic carbocycles. The number of amides is 11. The smallest absolute Gasteiger partial charge is 0.406 e. The molecule has 0 unspecified atom stereocenters. The Morgan fingerprint density at radius 1 is 0.301 bits per heavy atom. The van der Waals surface area contributed by atoms with E-state index in [0.29, 0.717) is 32.7 Å². The Morgan fingerprint density at radius 2 is 0.548 bits per heavy atom. The fourth-order valence-electron chi connectivity index (χ4n) is 6.32. The van der Waals surface area contributed by atoms with Gasteiger partial charge in [0.25, 0.3) is 0 Å². The lowest BCUT2D eigenvalue weighted by atomic mass is 10.2. The maximum atomic E-state index is 13.9. The highest BCUT2D eigenvalue weighted by molar-refractivity contribution is 5.83. The third-order valence-electron chi connectivity index (χ3n) is 10.4. The van der Waals surface area contributed by atoms with Crippen molar-refractivity contribution >= 4 is 65.2 Å². The highest BCUT2D eigenvalue weighted by Crippen LogP contribution is 2.05. The minimum absolute atomic E-state index is 0.000155. The maximum absolute atomic E-state index is 13.9. The molecule has 0 aromatic carbocycles. The minimum atomic E-state index is -0.631. The van der Waals surface area contributed by atoms with Gasteiger partial charge in [0.2, 0.25) is 59.1 Å². The second-order valence-corrected chi connectivity index (χ2v) is 16.3. The van der Waals surface area contributed by atoms with Gasteiger partial charge in [-0.25, -0.2) is 4.79 Å². The molecule has 418 valence electrons. The molecule has 0 aliphatic rings. The highest BCUT2D eigenvalue weighted by atomic mass is 16.5. The van der Waals surface area contributed by atoms with Crippen LogP contribution in [0.25, 0.3) is 0 Å². The predicted octanol–water partition coefficient (Wildman–Crippen LogP) is -7.44. The Labute approximate surface area is 427 Å². The number of nitrogens with zero attached hydrogens (tertiary/aromatic N) is 3. The molecule has 73 heavy (non-hydrogen) atoms. The summed E-state index contributed by atoms with van der Waals surface area (Å²) < 4.78 is 4.45. The number of rotatable bonds is 44. The van der Waals surface area contributed by atoms with E-state index in [-0.39, 0.29) is 211 Å². The lowest BCUT2D eigenvalue weighted by Crippen LogP contribution is -2.43. The topological polar surface area (TPSA) is 431 Å². The maximum Gasteiger partial charge on any atom is 0.406 e. The zero-order chi connectivity index (χ0) is 54.5. The molecule has 29 heteroatoms. The standard InChI is InChI=1S/C44H85N17O12/c1-73-44(72)58-25-24-57-37(65)5-16-49-34(62)2-17-50-38(66)6-28-60(33-32-59(26-7-39(67)55-22-14-47)27-8-40(68)56-23-15-48)29-11-43(71)61(30-9-41(69)51-18-3-35(63)53-20-12-45)31-10-42(70)52-19-4-36(64)54-21-13-46/h2-33,45-48H2,1H3,(H,49,62)(H,50,66)(H,51,69)(H,52,70)(H,53,63)(H,54,64)(H,55,67)(H,56,68)(H,57,65)(H,58,72). The van der Waals surface area contributed by atoms with Gasteiger partial charge < -0.3 is 95.5 Å². The Bertz CT molecular complexity index is 1610. The van der Waals surface area contributed by atoms with E-state index in [1.807, 2.05) is 9.80 Å². The first kappa shape index (κ1) is 66.7. The summed E-state index contributed by atoms with van der Waals surface area (Å²) in [4.78, 5) is 142. The molecule has 0 aliphatic heterocycles. The quantitative estimate of drug-likeness (QED) is 0.0252. The van der Waals surface area contributed by atoms with E-state index in [1.165, 1.54) is 12.0 Å². The number of carbonyl (C=O) groups excluding carboxylic acids is 11. The van der Waals surface area contributed by atoms with E-state index in [2.05, 4.69) is 57.9 Å². The van der Waals surface area contributed by atoms with Gasteiger partial charge in [-0.1, -0.05) is 0 Å². The number of nitrogens with one attached hydrogen (secondary N) is 10. The van der Waals surface area contributed by atoms with Crippen LogP contribution >= 0.6 is 0 Å². The van der Waals surface area contributed by atoms with Crippen molar-refractivity contribution in [1.82, 2.24) is 67.9 Å². The number of nitrogens with two attached hydrogens (primary N) is 4. The van der Waals surface area contributed by atoms with Crippen LogP contribution < -0.4 is 76.1 Å². The summed E-state index contributed by atoms with van der Waals surface area (Å²) in [7, 11) is 1.22. The largest absolute Gasteiger partial charge is 0.453 e. The van der Waals surface area contributed by atoms with Crippen LogP contribution in [0.4, 0.5) is 4.79 Å². The number of alkyl carbamates (subject to hydrolysis) is 1. The number of hydrogen-bond acceptors (Lipinski definition) is 18. The molecule has 0 aromatic rings. The molecule has 0 atom stereocenters. The first-order valence-corrected chi connectivity index (χ1v) is 24.8. The molecule has 0 rings (SSSR count). The molecule has 11 amide bonds. The summed E-state index contributed by atoms with van der Waals surface area (Å²) in [6, 6.07) is 0. The third-order valence-corrected chi connectivity index (χ3v) is 10.4. The molecular formula is C44H85N17O12. The summed E-state index contributed by atoms with van der Waals surface area (Å²) in [5, 5.41) is 26.3. The van der Waals surface area contributed by atoms with E-state index < -0.39 is 29.7 Å². The summed E-state index contributed by atoms with van der Waals surface area (Å²) >= 11 is 0. The minimum Gasteiger partial charge on any atom is -0.453 e. The van der Waals surface area contributed by atoms with Crippen LogP contribution in [0, 0.1) is 0 Å². The highest BCUT2D eigenvalue weighted by Gasteiger charge is 2.20. The molecule has 29 nitrogen and oxygen atoms in total. The van der Waals surface area contributed by atoms with Crippen molar-refractivity contribution in [2.75, 3.05) is 151 Å². The number of methoxy groups -OCH3 is 1. The van der Waals surface area contributed by atoms with Gasteiger partial charge >= 0.3 is 6.09 Å². The van der Waals surface area contributed by atoms with Gasteiger partial charge in [-0.05, 0) is 0 Å². The van der Waals surface area contributed by atoms with Crippen molar-refractivity contribution in [3.05, 3.63) is 0 Å². The molecule has 0 aromatic heterocycles. The summed E-state index contributed by atoms with van der Waals surface area (Å²) in [6.45, 7) is 4.02. The van der Waals surface area contributed by atoms with Crippen LogP contribution in [0.2, 0.25) is 0 Å². The van der Waals surface area contributed by atoms with Crippen molar-refractivity contribution in [3.63, 3.8) is 0 Å². The second kappa shape index (κ2) is 44.4. The molecule has 0 radical (unpaired) electrons. The van der Waals surface area contributed by atoms with Gasteiger partial charge in [-0.3, -0.25) is 47.9 Å². The van der Waals surface area contributed by atoms with Crippen LogP contribution in [-0.4, -0.2) is 231 Å². The van der Waals surface area contributed by atoms with Crippen LogP contribution in [0.3, 0.4) is 0 Å². The SMILES string of the molecule is COC(=O)NCCNC(=O)CCNC(=O)CCNC(=O)CCN(CCC(=O)N(CCC(=O)NCCC(=O)NCCN)CCC(=O)NCCC(=O)NCCN)CCN(CCC(=O)NCCN)CCC(=O)NCCN. The van der Waals surface area contributed by atoms with E-state index in [0.717, 1.165) is 0 Å². The fourth-order valence-corrected chi connectivity index (χ4v) is 6.32. The average molecular weight is 1040 g/mol. The van der Waals surface area contributed by atoms with Crippen LogP contribution in [0.5, 0.6) is 0 Å². The summed E-state index contributed by atoms with van der Waals surface area (Å²) in [6.07, 6.45) is -0.856. The van der Waals surface area contributed by atoms with Crippen LogP contribution in [-0.2, 0) is 52.7 Å². The lowest BCUT2D eigenvalue weighted by molar-refractivity contribution is -0.133. The van der Waals surface area contributed by atoms with Gasteiger partial charge in [-0.15, -0.1) is 0 Å². The van der Waals surface area contributed by atoms with Crippen molar-refractivity contribution in [3.8, 4) is 0 Å². The molecule has 0 saturated heterocycles. The van der Waals surface area contributed by atoms with E-state index in [1.54, 1.807) is 0 Å². The lowest BCUT2D eigenvalue weighted by Gasteiger charge is -2.29. The normalized spacial score (nSPS) is 10.7. The van der Waals surface area contributed by atoms with Gasteiger partial charge in [0.05, 0.1) is 7.11 Å². The van der Waals surface area contributed by atoms with E-state index in [4.69, 9.17) is 22.9 Å². The summed E-state index contributed by atoms with van der Waals surface area (Å²) in [5.74, 6) is -3.43. The van der Waals surface area contributed by atoms with E-state index in [9.17, 15) is 52.7 Å². The van der Waals surface area contributed by atoms with Gasteiger partial charge in [0, 0.05) is 208 Å². The first-order valence-electron chi connectivity index (χ1n) is 24.8.